The molecule has 0 spiro atoms. The molecule has 1 heterocycles. The first-order valence-corrected chi connectivity index (χ1v) is 9.35. The zero-order valence-corrected chi connectivity index (χ0v) is 16.8. The molecule has 28 heavy (non-hydrogen) atoms. The standard InChI is InChI=1S/C21H28N4O3/c1-5-14(2)18-10-9-17(21(28)24-18)20(27)22-12-15-7-6-8-16(11-15)23-19(26)13-25(3)4/h6-11,14H,5,12-13H2,1-4H3,(H,22,27)(H,23,26)(H,24,28). The number of hydrogen-bond acceptors (Lipinski definition) is 4. The van der Waals surface area contributed by atoms with Crippen LogP contribution >= 0.6 is 0 Å². The molecule has 7 heteroatoms. The number of hydrogen-bond donors (Lipinski definition) is 3. The Morgan fingerprint density at radius 2 is 1.93 bits per heavy atom. The highest BCUT2D eigenvalue weighted by atomic mass is 16.2. The summed E-state index contributed by atoms with van der Waals surface area (Å²) in [5.41, 5.74) is 2.01. The predicted molar refractivity (Wildman–Crippen MR) is 111 cm³/mol. The number of carbonyl (C=O) groups is 2. The van der Waals surface area contributed by atoms with Crippen molar-refractivity contribution >= 4 is 17.5 Å². The monoisotopic (exact) mass is 384 g/mol. The van der Waals surface area contributed by atoms with Crippen molar-refractivity contribution in [2.45, 2.75) is 32.7 Å². The molecule has 1 atom stereocenters. The van der Waals surface area contributed by atoms with E-state index in [1.54, 1.807) is 35.2 Å². The Bertz CT molecular complexity index is 889. The second kappa shape index (κ2) is 9.85. The highest BCUT2D eigenvalue weighted by molar-refractivity contribution is 5.94. The fraction of sp³-hybridized carbons (Fsp3) is 0.381. The van der Waals surface area contributed by atoms with Gasteiger partial charge in [-0.05, 0) is 56.3 Å². The van der Waals surface area contributed by atoms with Gasteiger partial charge >= 0.3 is 0 Å². The predicted octanol–water partition coefficient (Wildman–Crippen LogP) is 2.32. The Hall–Kier alpha value is -2.93. The molecule has 0 aliphatic carbocycles. The molecule has 0 saturated heterocycles. The Labute approximate surface area is 165 Å². The smallest absolute Gasteiger partial charge is 0.261 e. The van der Waals surface area contributed by atoms with E-state index in [4.69, 9.17) is 0 Å². The number of aromatic amines is 1. The number of carbonyl (C=O) groups excluding carboxylic acids is 2. The molecule has 0 fully saturated rings. The summed E-state index contributed by atoms with van der Waals surface area (Å²) in [4.78, 5) is 41.0. The van der Waals surface area contributed by atoms with Crippen LogP contribution in [0.5, 0.6) is 0 Å². The average Bonchev–Trinajstić information content (AvgIpc) is 2.65. The molecule has 3 N–H and O–H groups in total. The molecule has 150 valence electrons. The largest absolute Gasteiger partial charge is 0.348 e. The molecule has 7 nitrogen and oxygen atoms in total. The molecular weight excluding hydrogens is 356 g/mol. The van der Waals surface area contributed by atoms with Gasteiger partial charge in [0.2, 0.25) is 5.91 Å². The number of amides is 2. The van der Waals surface area contributed by atoms with E-state index in [9.17, 15) is 14.4 Å². The fourth-order valence-corrected chi connectivity index (χ4v) is 2.70. The minimum atomic E-state index is -0.431. The van der Waals surface area contributed by atoms with Crippen molar-refractivity contribution in [3.05, 3.63) is 63.6 Å². The van der Waals surface area contributed by atoms with Crippen molar-refractivity contribution in [3.63, 3.8) is 0 Å². The van der Waals surface area contributed by atoms with E-state index in [2.05, 4.69) is 15.6 Å². The van der Waals surface area contributed by atoms with Crippen LogP contribution in [-0.4, -0.2) is 42.3 Å². The quantitative estimate of drug-likeness (QED) is 0.651. The number of nitrogens with one attached hydrogen (secondary N) is 3. The fourth-order valence-electron chi connectivity index (χ4n) is 2.70. The normalized spacial score (nSPS) is 11.9. The van der Waals surface area contributed by atoms with Crippen LogP contribution in [0.4, 0.5) is 5.69 Å². The minimum absolute atomic E-state index is 0.0856. The maximum Gasteiger partial charge on any atom is 0.261 e. The van der Waals surface area contributed by atoms with Gasteiger partial charge in [0.15, 0.2) is 0 Å². The van der Waals surface area contributed by atoms with Crippen LogP contribution in [0.25, 0.3) is 0 Å². The van der Waals surface area contributed by atoms with Crippen LogP contribution in [0.15, 0.2) is 41.2 Å². The molecule has 2 amide bonds. The zero-order valence-electron chi connectivity index (χ0n) is 16.8. The van der Waals surface area contributed by atoms with Crippen molar-refractivity contribution in [1.29, 1.82) is 0 Å². The molecule has 1 unspecified atom stereocenters. The molecule has 0 saturated carbocycles. The van der Waals surface area contributed by atoms with E-state index in [-0.39, 0.29) is 36.0 Å². The van der Waals surface area contributed by atoms with Crippen molar-refractivity contribution in [1.82, 2.24) is 15.2 Å². The molecule has 1 aromatic heterocycles. The van der Waals surface area contributed by atoms with E-state index in [1.165, 1.54) is 0 Å². The average molecular weight is 384 g/mol. The van der Waals surface area contributed by atoms with E-state index < -0.39 is 5.91 Å². The topological polar surface area (TPSA) is 94.3 Å². The Balaban J connectivity index is 2.00. The maximum atomic E-state index is 12.4. The zero-order chi connectivity index (χ0) is 20.7. The molecule has 0 aliphatic heterocycles. The molecule has 2 aromatic rings. The lowest BCUT2D eigenvalue weighted by Crippen LogP contribution is -2.30. The molecule has 0 radical (unpaired) electrons. The Morgan fingerprint density at radius 3 is 2.57 bits per heavy atom. The van der Waals surface area contributed by atoms with Gasteiger partial charge in [-0.1, -0.05) is 26.0 Å². The molecule has 0 bridgehead atoms. The van der Waals surface area contributed by atoms with Gasteiger partial charge in [-0.2, -0.15) is 0 Å². The van der Waals surface area contributed by atoms with Gasteiger partial charge < -0.3 is 20.5 Å². The third kappa shape index (κ3) is 6.06. The van der Waals surface area contributed by atoms with Crippen molar-refractivity contribution in [3.8, 4) is 0 Å². The van der Waals surface area contributed by atoms with Crippen LogP contribution in [0.2, 0.25) is 0 Å². The first-order valence-electron chi connectivity index (χ1n) is 9.35. The summed E-state index contributed by atoms with van der Waals surface area (Å²) in [7, 11) is 3.64. The molecular formula is C21H28N4O3. The first-order chi connectivity index (χ1) is 13.3. The van der Waals surface area contributed by atoms with Gasteiger partial charge in [-0.3, -0.25) is 14.4 Å². The maximum absolute atomic E-state index is 12.4. The third-order valence-corrected chi connectivity index (χ3v) is 4.44. The van der Waals surface area contributed by atoms with Crippen molar-refractivity contribution in [2.75, 3.05) is 26.0 Å². The first kappa shape index (κ1) is 21.4. The van der Waals surface area contributed by atoms with Crippen molar-refractivity contribution < 1.29 is 9.59 Å². The van der Waals surface area contributed by atoms with Gasteiger partial charge in [0.1, 0.15) is 5.56 Å². The Morgan fingerprint density at radius 1 is 1.18 bits per heavy atom. The minimum Gasteiger partial charge on any atom is -0.348 e. The summed E-state index contributed by atoms with van der Waals surface area (Å²) < 4.78 is 0. The number of nitrogens with zero attached hydrogens (tertiary/aromatic N) is 1. The number of anilines is 1. The van der Waals surface area contributed by atoms with Gasteiger partial charge in [0.25, 0.3) is 11.5 Å². The lowest BCUT2D eigenvalue weighted by Gasteiger charge is -2.12. The number of benzene rings is 1. The van der Waals surface area contributed by atoms with Crippen LogP contribution in [0, 0.1) is 0 Å². The highest BCUT2D eigenvalue weighted by Gasteiger charge is 2.13. The number of likely N-dealkylation sites (N-methyl/N-ethyl adjacent to an activating group) is 1. The summed E-state index contributed by atoms with van der Waals surface area (Å²) in [5.74, 6) is -0.312. The van der Waals surface area contributed by atoms with Crippen LogP contribution in [0.3, 0.4) is 0 Å². The number of rotatable bonds is 8. The summed E-state index contributed by atoms with van der Waals surface area (Å²) in [5, 5.41) is 5.57. The second-order valence-electron chi connectivity index (χ2n) is 7.13. The molecule has 0 aliphatic rings. The summed E-state index contributed by atoms with van der Waals surface area (Å²) in [6, 6.07) is 10.6. The molecule has 1 aromatic carbocycles. The lowest BCUT2D eigenvalue weighted by molar-refractivity contribution is -0.116. The van der Waals surface area contributed by atoms with E-state index in [0.717, 1.165) is 17.7 Å². The Kier molecular flexibility index (Phi) is 7.52. The SMILES string of the molecule is CCC(C)c1ccc(C(=O)NCc2cccc(NC(=O)CN(C)C)c2)c(=O)[nH]1. The summed E-state index contributed by atoms with van der Waals surface area (Å²) in [6.45, 7) is 4.61. The lowest BCUT2D eigenvalue weighted by atomic mass is 10.0. The number of H-pyrrole nitrogens is 1. The van der Waals surface area contributed by atoms with E-state index in [1.807, 2.05) is 34.0 Å². The van der Waals surface area contributed by atoms with Gasteiger partial charge in [-0.25, -0.2) is 0 Å². The van der Waals surface area contributed by atoms with Gasteiger partial charge in [0, 0.05) is 17.9 Å². The van der Waals surface area contributed by atoms with E-state index >= 15 is 0 Å². The third-order valence-electron chi connectivity index (χ3n) is 4.44. The van der Waals surface area contributed by atoms with Crippen LogP contribution in [0.1, 0.15) is 47.8 Å². The molecule has 2 rings (SSSR count). The van der Waals surface area contributed by atoms with Gasteiger partial charge in [0.05, 0.1) is 6.54 Å². The second-order valence-corrected chi connectivity index (χ2v) is 7.13. The van der Waals surface area contributed by atoms with E-state index in [0.29, 0.717) is 5.69 Å². The number of pyridine rings is 1. The summed E-state index contributed by atoms with van der Waals surface area (Å²) in [6.07, 6.45) is 0.906. The summed E-state index contributed by atoms with van der Waals surface area (Å²) >= 11 is 0. The van der Waals surface area contributed by atoms with Gasteiger partial charge in [-0.15, -0.1) is 0 Å². The number of aromatic nitrogens is 1. The highest BCUT2D eigenvalue weighted by Crippen LogP contribution is 2.15. The van der Waals surface area contributed by atoms with Crippen molar-refractivity contribution in [2.24, 2.45) is 0 Å². The van der Waals surface area contributed by atoms with Crippen LogP contribution in [-0.2, 0) is 11.3 Å². The van der Waals surface area contributed by atoms with Crippen LogP contribution < -0.4 is 16.2 Å².